The van der Waals surface area contributed by atoms with Crippen molar-refractivity contribution < 1.29 is 9.47 Å². The molecule has 0 radical (unpaired) electrons. The first-order chi connectivity index (χ1) is 10.5. The van der Waals surface area contributed by atoms with E-state index in [9.17, 15) is 0 Å². The molecule has 122 valence electrons. The normalized spacial score (nSPS) is 23.1. The van der Waals surface area contributed by atoms with Crippen molar-refractivity contribution in [1.29, 1.82) is 0 Å². The van der Waals surface area contributed by atoms with Crippen molar-refractivity contribution in [1.82, 2.24) is 4.90 Å². The summed E-state index contributed by atoms with van der Waals surface area (Å²) in [5, 5.41) is 0. The van der Waals surface area contributed by atoms with E-state index in [1.54, 1.807) is 0 Å². The van der Waals surface area contributed by atoms with E-state index in [0.29, 0.717) is 31.1 Å². The molecule has 1 saturated heterocycles. The van der Waals surface area contributed by atoms with Crippen molar-refractivity contribution in [2.45, 2.75) is 45.9 Å². The number of fused-ring (bicyclic) bond motifs is 2. The summed E-state index contributed by atoms with van der Waals surface area (Å²) in [5.74, 6) is 0.828. The van der Waals surface area contributed by atoms with Crippen molar-refractivity contribution in [3.8, 4) is 0 Å². The Balaban J connectivity index is 1.92. The quantitative estimate of drug-likeness (QED) is 0.822. The average Bonchev–Trinajstić information content (AvgIpc) is 3.05. The van der Waals surface area contributed by atoms with Crippen molar-refractivity contribution >= 4 is 0 Å². The van der Waals surface area contributed by atoms with E-state index in [1.165, 1.54) is 11.1 Å². The van der Waals surface area contributed by atoms with E-state index in [4.69, 9.17) is 9.47 Å². The van der Waals surface area contributed by atoms with Gasteiger partial charge in [-0.15, -0.1) is 0 Å². The van der Waals surface area contributed by atoms with Crippen molar-refractivity contribution in [3.63, 3.8) is 0 Å². The van der Waals surface area contributed by atoms with Gasteiger partial charge in [0, 0.05) is 31.1 Å². The molecule has 2 aliphatic rings. The first kappa shape index (κ1) is 16.0. The molecule has 0 N–H and O–H groups in total. The van der Waals surface area contributed by atoms with Gasteiger partial charge in [0.15, 0.2) is 5.79 Å². The predicted octanol–water partition coefficient (Wildman–Crippen LogP) is 3.95. The molecule has 1 aromatic rings. The van der Waals surface area contributed by atoms with Crippen LogP contribution in [-0.2, 0) is 15.3 Å². The molecule has 1 unspecified atom stereocenters. The van der Waals surface area contributed by atoms with Gasteiger partial charge < -0.3 is 9.47 Å². The molecule has 1 spiro atoms. The van der Waals surface area contributed by atoms with Gasteiger partial charge in [-0.3, -0.25) is 4.90 Å². The summed E-state index contributed by atoms with van der Waals surface area (Å²) in [7, 11) is 0. The summed E-state index contributed by atoms with van der Waals surface area (Å²) in [6.07, 6.45) is 0.922. The smallest absolute Gasteiger partial charge is 0.197 e. The van der Waals surface area contributed by atoms with Crippen LogP contribution < -0.4 is 0 Å². The maximum absolute atomic E-state index is 6.07. The molecule has 0 aromatic heterocycles. The summed E-state index contributed by atoms with van der Waals surface area (Å²) in [6.45, 7) is 12.8. The van der Waals surface area contributed by atoms with E-state index < -0.39 is 5.79 Å². The molecule has 1 atom stereocenters. The van der Waals surface area contributed by atoms with Crippen LogP contribution in [0.1, 0.15) is 51.3 Å². The summed E-state index contributed by atoms with van der Waals surface area (Å²) < 4.78 is 12.1. The molecule has 3 heteroatoms. The molecule has 0 saturated carbocycles. The number of hydrogen-bond donors (Lipinski definition) is 0. The van der Waals surface area contributed by atoms with E-state index in [-0.39, 0.29) is 0 Å². The van der Waals surface area contributed by atoms with Crippen LogP contribution in [0.5, 0.6) is 0 Å². The second kappa shape index (κ2) is 6.31. The largest absolute Gasteiger partial charge is 0.343 e. The molecule has 1 fully saturated rings. The van der Waals surface area contributed by atoms with Gasteiger partial charge in [-0.05, 0) is 17.4 Å². The highest BCUT2D eigenvalue weighted by atomic mass is 16.7. The Kier molecular flexibility index (Phi) is 4.58. The average molecular weight is 303 g/mol. The molecular formula is C19H29NO2. The molecule has 1 heterocycles. The van der Waals surface area contributed by atoms with Gasteiger partial charge in [0.25, 0.3) is 0 Å². The van der Waals surface area contributed by atoms with Gasteiger partial charge >= 0.3 is 0 Å². The van der Waals surface area contributed by atoms with E-state index in [0.717, 1.165) is 19.5 Å². The van der Waals surface area contributed by atoms with Gasteiger partial charge in [-0.2, -0.15) is 0 Å². The first-order valence-corrected chi connectivity index (χ1v) is 8.63. The molecule has 0 bridgehead atoms. The van der Waals surface area contributed by atoms with Gasteiger partial charge in [0.2, 0.25) is 0 Å². The maximum Gasteiger partial charge on any atom is 0.197 e. The Morgan fingerprint density at radius 3 is 2.23 bits per heavy atom. The minimum Gasteiger partial charge on any atom is -0.343 e. The maximum atomic E-state index is 6.07. The Bertz CT molecular complexity index is 496. The van der Waals surface area contributed by atoms with Crippen molar-refractivity contribution in [2.75, 3.05) is 26.3 Å². The third-order valence-electron chi connectivity index (χ3n) is 4.59. The van der Waals surface area contributed by atoms with Crippen LogP contribution in [0.2, 0.25) is 0 Å². The van der Waals surface area contributed by atoms with Crippen LogP contribution in [0.15, 0.2) is 24.3 Å². The van der Waals surface area contributed by atoms with E-state index in [2.05, 4.69) is 56.9 Å². The number of nitrogens with zero attached hydrogens (tertiary/aromatic N) is 1. The Hall–Kier alpha value is -0.900. The number of ether oxygens (including phenoxy) is 2. The SMILES string of the molecule is CC(C)CN(CC(C)C)C1CC2(OCCO2)c2ccccc21. The Labute approximate surface area is 134 Å². The Morgan fingerprint density at radius 1 is 1.05 bits per heavy atom. The van der Waals surface area contributed by atoms with Gasteiger partial charge in [-0.25, -0.2) is 0 Å². The highest BCUT2D eigenvalue weighted by Gasteiger charge is 2.49. The van der Waals surface area contributed by atoms with Crippen molar-refractivity contribution in [2.24, 2.45) is 11.8 Å². The fourth-order valence-corrected chi connectivity index (χ4v) is 3.93. The molecule has 0 amide bonds. The summed E-state index contributed by atoms with van der Waals surface area (Å²) in [6, 6.07) is 9.09. The molecule has 1 aromatic carbocycles. The van der Waals surface area contributed by atoms with Crippen LogP contribution in [0.25, 0.3) is 0 Å². The minimum absolute atomic E-state index is 0.402. The summed E-state index contributed by atoms with van der Waals surface area (Å²) >= 11 is 0. The highest BCUT2D eigenvalue weighted by Crippen LogP contribution is 2.50. The third kappa shape index (κ3) is 2.94. The zero-order valence-corrected chi connectivity index (χ0v) is 14.3. The fourth-order valence-electron chi connectivity index (χ4n) is 3.93. The van der Waals surface area contributed by atoms with Crippen LogP contribution in [0.4, 0.5) is 0 Å². The van der Waals surface area contributed by atoms with Crippen LogP contribution in [0.3, 0.4) is 0 Å². The second-order valence-electron chi connectivity index (χ2n) is 7.50. The number of benzene rings is 1. The second-order valence-corrected chi connectivity index (χ2v) is 7.50. The summed E-state index contributed by atoms with van der Waals surface area (Å²) in [5.41, 5.74) is 2.64. The molecule has 3 rings (SSSR count). The fraction of sp³-hybridized carbons (Fsp3) is 0.684. The molecule has 1 aliphatic heterocycles. The summed E-state index contributed by atoms with van der Waals surface area (Å²) in [4.78, 5) is 2.63. The highest BCUT2D eigenvalue weighted by molar-refractivity contribution is 5.39. The zero-order valence-electron chi connectivity index (χ0n) is 14.3. The van der Waals surface area contributed by atoms with Crippen molar-refractivity contribution in [3.05, 3.63) is 35.4 Å². The molecule has 1 aliphatic carbocycles. The first-order valence-electron chi connectivity index (χ1n) is 8.63. The lowest BCUT2D eigenvalue weighted by molar-refractivity contribution is -0.171. The van der Waals surface area contributed by atoms with Crippen LogP contribution in [0, 0.1) is 11.8 Å². The molecule has 22 heavy (non-hydrogen) atoms. The van der Waals surface area contributed by atoms with Gasteiger partial charge in [0.05, 0.1) is 13.2 Å². The van der Waals surface area contributed by atoms with E-state index in [1.807, 2.05) is 0 Å². The monoisotopic (exact) mass is 303 g/mol. The zero-order chi connectivity index (χ0) is 15.7. The lowest BCUT2D eigenvalue weighted by Crippen LogP contribution is -2.35. The van der Waals surface area contributed by atoms with Gasteiger partial charge in [0.1, 0.15) is 0 Å². The molecule has 3 nitrogen and oxygen atoms in total. The third-order valence-corrected chi connectivity index (χ3v) is 4.59. The molecular weight excluding hydrogens is 274 g/mol. The van der Waals surface area contributed by atoms with Crippen LogP contribution in [-0.4, -0.2) is 31.2 Å². The topological polar surface area (TPSA) is 21.7 Å². The number of hydrogen-bond acceptors (Lipinski definition) is 3. The number of rotatable bonds is 5. The lowest BCUT2D eigenvalue weighted by atomic mass is 10.0. The lowest BCUT2D eigenvalue weighted by Gasteiger charge is -2.33. The standard InChI is InChI=1S/C19H29NO2/c1-14(2)12-20(13-15(3)4)18-11-19(21-9-10-22-19)17-8-6-5-7-16(17)18/h5-8,14-15,18H,9-13H2,1-4H3. The van der Waals surface area contributed by atoms with Gasteiger partial charge in [-0.1, -0.05) is 52.0 Å². The Morgan fingerprint density at radius 2 is 1.64 bits per heavy atom. The predicted molar refractivity (Wildman–Crippen MR) is 88.6 cm³/mol. The van der Waals surface area contributed by atoms with E-state index >= 15 is 0 Å². The minimum atomic E-state index is -0.493. The van der Waals surface area contributed by atoms with Crippen LogP contribution >= 0.6 is 0 Å².